The number of aromatic nitrogens is 4. The van der Waals surface area contributed by atoms with Crippen molar-refractivity contribution in [3.63, 3.8) is 0 Å². The molecule has 0 bridgehead atoms. The predicted molar refractivity (Wildman–Crippen MR) is 122 cm³/mol. The molecule has 4 rings (SSSR count). The first-order chi connectivity index (χ1) is 14.8. The van der Waals surface area contributed by atoms with E-state index in [1.807, 2.05) is 62.4 Å². The van der Waals surface area contributed by atoms with Crippen molar-refractivity contribution >= 4 is 23.2 Å². The predicted octanol–water partition coefficient (Wildman–Crippen LogP) is 5.14. The normalized spacial score (nSPS) is 11.0. The minimum absolute atomic E-state index is 0.285. The van der Waals surface area contributed by atoms with E-state index in [1.165, 1.54) is 9.36 Å². The van der Waals surface area contributed by atoms with Gasteiger partial charge in [0.15, 0.2) is 0 Å². The summed E-state index contributed by atoms with van der Waals surface area (Å²) in [5.74, 6) is 0.745. The molecule has 0 saturated carbocycles. The van der Waals surface area contributed by atoms with Crippen LogP contribution in [0.3, 0.4) is 0 Å². The Morgan fingerprint density at radius 2 is 1.77 bits per heavy atom. The summed E-state index contributed by atoms with van der Waals surface area (Å²) in [7, 11) is 1.57. The number of hydrogen-bond acceptors (Lipinski definition) is 4. The van der Waals surface area contributed by atoms with Gasteiger partial charge in [-0.1, -0.05) is 47.5 Å². The Morgan fingerprint density at radius 3 is 2.45 bits per heavy atom. The third-order valence-corrected chi connectivity index (χ3v) is 5.67. The van der Waals surface area contributed by atoms with E-state index in [0.717, 1.165) is 33.6 Å². The number of ether oxygens (including phenoxy) is 1. The van der Waals surface area contributed by atoms with Crippen molar-refractivity contribution in [2.24, 2.45) is 7.05 Å². The van der Waals surface area contributed by atoms with Crippen molar-refractivity contribution in [3.8, 4) is 22.6 Å². The van der Waals surface area contributed by atoms with E-state index in [0.29, 0.717) is 15.7 Å². The highest BCUT2D eigenvalue weighted by Crippen LogP contribution is 2.33. The number of halogens is 2. The quantitative estimate of drug-likeness (QED) is 0.418. The molecule has 0 aliphatic carbocycles. The molecule has 1 aromatic heterocycles. The molecule has 0 atom stereocenters. The Balaban J connectivity index is 1.62. The number of rotatable bonds is 5. The zero-order chi connectivity index (χ0) is 22.1. The van der Waals surface area contributed by atoms with Gasteiger partial charge in [0.25, 0.3) is 0 Å². The fourth-order valence-corrected chi connectivity index (χ4v) is 3.91. The molecular formula is C23H20Cl2N4O2. The zero-order valence-corrected chi connectivity index (χ0v) is 18.8. The van der Waals surface area contributed by atoms with Crippen LogP contribution >= 0.6 is 23.2 Å². The first-order valence-corrected chi connectivity index (χ1v) is 10.4. The summed E-state index contributed by atoms with van der Waals surface area (Å²) < 4.78 is 8.60. The first-order valence-electron chi connectivity index (χ1n) is 9.62. The lowest BCUT2D eigenvalue weighted by atomic mass is 10.0. The molecule has 4 aromatic rings. The summed E-state index contributed by atoms with van der Waals surface area (Å²) in [6.45, 7) is 4.24. The third kappa shape index (κ3) is 4.22. The topological polar surface area (TPSA) is 61.9 Å². The summed E-state index contributed by atoms with van der Waals surface area (Å²) in [4.78, 5) is 12.3. The lowest BCUT2D eigenvalue weighted by molar-refractivity contribution is 0.302. The summed E-state index contributed by atoms with van der Waals surface area (Å²) >= 11 is 12.4. The second kappa shape index (κ2) is 8.57. The standard InChI is InChI=1S/C23H20Cl2N4O2/c1-14-5-4-6-21(29-23(30)28(3)26-27-29)19(14)13-31-22-10-7-16(11-15(22)2)18-9-8-17(24)12-20(18)25/h4-12H,13H2,1-3H3. The van der Waals surface area contributed by atoms with Gasteiger partial charge in [-0.3, -0.25) is 0 Å². The molecule has 0 saturated heterocycles. The van der Waals surface area contributed by atoms with Gasteiger partial charge in [-0.05, 0) is 71.3 Å². The first kappa shape index (κ1) is 21.2. The third-order valence-electron chi connectivity index (χ3n) is 5.12. The molecule has 0 unspecified atom stereocenters. The lowest BCUT2D eigenvalue weighted by Gasteiger charge is -2.15. The van der Waals surface area contributed by atoms with Gasteiger partial charge in [0.1, 0.15) is 12.4 Å². The van der Waals surface area contributed by atoms with Crippen LogP contribution in [0, 0.1) is 13.8 Å². The van der Waals surface area contributed by atoms with Gasteiger partial charge in [-0.25, -0.2) is 4.79 Å². The van der Waals surface area contributed by atoms with Crippen LogP contribution in [0.1, 0.15) is 16.7 Å². The van der Waals surface area contributed by atoms with Gasteiger partial charge >= 0.3 is 5.69 Å². The van der Waals surface area contributed by atoms with E-state index < -0.39 is 0 Å². The molecule has 6 nitrogen and oxygen atoms in total. The van der Waals surface area contributed by atoms with E-state index in [1.54, 1.807) is 13.1 Å². The average molecular weight is 455 g/mol. The Hall–Kier alpha value is -3.09. The molecule has 8 heteroatoms. The Labute approximate surface area is 189 Å². The highest BCUT2D eigenvalue weighted by atomic mass is 35.5. The second-order valence-corrected chi connectivity index (χ2v) is 8.11. The summed E-state index contributed by atoms with van der Waals surface area (Å²) in [5, 5.41) is 8.96. The van der Waals surface area contributed by atoms with E-state index in [2.05, 4.69) is 10.4 Å². The molecule has 0 aliphatic rings. The summed E-state index contributed by atoms with van der Waals surface area (Å²) in [6.07, 6.45) is 0. The fraction of sp³-hybridized carbons (Fsp3) is 0.174. The molecule has 0 amide bonds. The van der Waals surface area contributed by atoms with Crippen LogP contribution in [-0.2, 0) is 13.7 Å². The number of hydrogen-bond donors (Lipinski definition) is 0. The van der Waals surface area contributed by atoms with Gasteiger partial charge in [0.2, 0.25) is 0 Å². The molecule has 0 N–H and O–H groups in total. The minimum atomic E-state index is -0.313. The van der Waals surface area contributed by atoms with Crippen LogP contribution in [-0.4, -0.2) is 19.8 Å². The maximum atomic E-state index is 12.3. The smallest absolute Gasteiger partial charge is 0.368 e. The monoisotopic (exact) mass is 454 g/mol. The van der Waals surface area contributed by atoms with E-state index in [4.69, 9.17) is 27.9 Å². The van der Waals surface area contributed by atoms with Crippen LogP contribution in [0.4, 0.5) is 0 Å². The van der Waals surface area contributed by atoms with Crippen LogP contribution in [0.15, 0.2) is 59.4 Å². The van der Waals surface area contributed by atoms with Crippen LogP contribution in [0.5, 0.6) is 5.75 Å². The van der Waals surface area contributed by atoms with E-state index >= 15 is 0 Å². The van der Waals surface area contributed by atoms with E-state index in [9.17, 15) is 4.79 Å². The second-order valence-electron chi connectivity index (χ2n) is 7.26. The highest BCUT2D eigenvalue weighted by molar-refractivity contribution is 6.36. The molecule has 31 heavy (non-hydrogen) atoms. The maximum Gasteiger partial charge on any atom is 0.368 e. The fourth-order valence-electron chi connectivity index (χ4n) is 3.39. The van der Waals surface area contributed by atoms with Crippen molar-refractivity contribution < 1.29 is 4.74 Å². The maximum absolute atomic E-state index is 12.3. The number of nitrogens with zero attached hydrogens (tertiary/aromatic N) is 4. The molecule has 0 aliphatic heterocycles. The largest absolute Gasteiger partial charge is 0.489 e. The Bertz CT molecular complexity index is 1330. The lowest BCUT2D eigenvalue weighted by Crippen LogP contribution is -2.23. The molecule has 3 aromatic carbocycles. The van der Waals surface area contributed by atoms with Gasteiger partial charge in [-0.15, -0.1) is 0 Å². The van der Waals surface area contributed by atoms with Crippen LogP contribution < -0.4 is 10.4 Å². The molecular weight excluding hydrogens is 435 g/mol. The van der Waals surface area contributed by atoms with Crippen molar-refractivity contribution in [1.82, 2.24) is 19.8 Å². The molecule has 0 radical (unpaired) electrons. The summed E-state index contributed by atoms with van der Waals surface area (Å²) in [6, 6.07) is 17.0. The Morgan fingerprint density at radius 1 is 0.968 bits per heavy atom. The zero-order valence-electron chi connectivity index (χ0n) is 17.3. The van der Waals surface area contributed by atoms with Gasteiger partial charge in [0.05, 0.1) is 5.69 Å². The Kier molecular flexibility index (Phi) is 5.85. The SMILES string of the molecule is Cc1cc(-c2ccc(Cl)cc2Cl)ccc1OCc1c(C)cccc1-n1nnn(C)c1=O. The van der Waals surface area contributed by atoms with Crippen molar-refractivity contribution in [2.75, 3.05) is 0 Å². The van der Waals surface area contributed by atoms with Gasteiger partial charge in [-0.2, -0.15) is 9.36 Å². The number of benzene rings is 3. The van der Waals surface area contributed by atoms with Crippen molar-refractivity contribution in [3.05, 3.63) is 91.8 Å². The van der Waals surface area contributed by atoms with Crippen LogP contribution in [0.2, 0.25) is 10.0 Å². The molecule has 0 fully saturated rings. The van der Waals surface area contributed by atoms with Crippen molar-refractivity contribution in [1.29, 1.82) is 0 Å². The average Bonchev–Trinajstić information content (AvgIpc) is 3.06. The van der Waals surface area contributed by atoms with Crippen molar-refractivity contribution in [2.45, 2.75) is 20.5 Å². The summed E-state index contributed by atoms with van der Waals surface area (Å²) in [5.41, 5.74) is 5.06. The number of tetrazole rings is 1. The van der Waals surface area contributed by atoms with Gasteiger partial charge in [0, 0.05) is 28.2 Å². The molecule has 1 heterocycles. The molecule has 158 valence electrons. The van der Waals surface area contributed by atoms with Gasteiger partial charge < -0.3 is 4.74 Å². The molecule has 0 spiro atoms. The van der Waals surface area contributed by atoms with Crippen LogP contribution in [0.25, 0.3) is 16.8 Å². The van der Waals surface area contributed by atoms with E-state index in [-0.39, 0.29) is 12.3 Å². The highest BCUT2D eigenvalue weighted by Gasteiger charge is 2.14. The number of aryl methyl sites for hydroxylation is 3. The minimum Gasteiger partial charge on any atom is -0.489 e.